The molecule has 30 heavy (non-hydrogen) atoms. The van der Waals surface area contributed by atoms with Crippen molar-refractivity contribution < 1.29 is 9.84 Å². The molecule has 3 aromatic rings. The molecule has 160 valence electrons. The maximum absolute atomic E-state index is 11.1. The van der Waals surface area contributed by atoms with Crippen LogP contribution in [0.5, 0.6) is 11.5 Å². The number of rotatable bonds is 2. The molecule has 0 saturated carbocycles. The van der Waals surface area contributed by atoms with E-state index in [-0.39, 0.29) is 16.9 Å². The predicted octanol–water partition coefficient (Wildman–Crippen LogP) is 5.71. The highest BCUT2D eigenvalue weighted by atomic mass is 16.5. The minimum atomic E-state index is -0.147. The molecule has 0 bridgehead atoms. The quantitative estimate of drug-likeness (QED) is 0.511. The zero-order valence-corrected chi connectivity index (χ0v) is 19.2. The third kappa shape index (κ3) is 3.47. The van der Waals surface area contributed by atoms with Crippen molar-refractivity contribution in [2.45, 2.75) is 64.8 Å². The lowest BCUT2D eigenvalue weighted by Gasteiger charge is -2.31. The molecule has 4 nitrogen and oxygen atoms in total. The molecule has 1 aliphatic heterocycles. The molecule has 4 rings (SSSR count). The van der Waals surface area contributed by atoms with Crippen LogP contribution >= 0.6 is 0 Å². The van der Waals surface area contributed by atoms with Crippen molar-refractivity contribution in [2.75, 3.05) is 13.7 Å². The summed E-state index contributed by atoms with van der Waals surface area (Å²) in [5, 5.41) is 16.1. The van der Waals surface area contributed by atoms with E-state index in [1.165, 1.54) is 22.2 Å². The van der Waals surface area contributed by atoms with Crippen LogP contribution in [0.15, 0.2) is 30.3 Å². The van der Waals surface area contributed by atoms with Crippen molar-refractivity contribution in [3.63, 3.8) is 0 Å². The Labute approximate surface area is 179 Å². The topological polar surface area (TPSA) is 57.3 Å². The lowest BCUT2D eigenvalue weighted by molar-refractivity contribution is 0.415. The maximum atomic E-state index is 11.1. The molecule has 0 aliphatic carbocycles. The van der Waals surface area contributed by atoms with Crippen LogP contribution in [0.3, 0.4) is 0 Å². The number of aromatic hydroxyl groups is 1. The number of phenols is 1. The van der Waals surface area contributed by atoms with Crippen LogP contribution in [0.1, 0.15) is 75.5 Å². The molecule has 1 aliphatic rings. The van der Waals surface area contributed by atoms with E-state index in [1.54, 1.807) is 7.11 Å². The third-order valence-electron chi connectivity index (χ3n) is 6.24. The average molecular weight is 407 g/mol. The van der Waals surface area contributed by atoms with E-state index in [4.69, 9.17) is 4.74 Å². The summed E-state index contributed by atoms with van der Waals surface area (Å²) >= 11 is 0. The molecule has 0 amide bonds. The second-order valence-corrected chi connectivity index (χ2v) is 10.5. The molecule has 3 N–H and O–H groups in total. The van der Waals surface area contributed by atoms with E-state index in [0.29, 0.717) is 5.75 Å². The summed E-state index contributed by atoms with van der Waals surface area (Å²) in [6.07, 6.45) is 0.981. The number of hydrogen-bond donors (Lipinski definition) is 3. The first kappa shape index (κ1) is 20.8. The Morgan fingerprint density at radius 2 is 1.60 bits per heavy atom. The summed E-state index contributed by atoms with van der Waals surface area (Å²) in [4.78, 5) is 3.67. The van der Waals surface area contributed by atoms with Gasteiger partial charge in [0.05, 0.1) is 13.2 Å². The maximum Gasteiger partial charge on any atom is 0.123 e. The molecule has 0 saturated heterocycles. The Bertz CT molecular complexity index is 1060. The Morgan fingerprint density at radius 3 is 2.17 bits per heavy atom. The van der Waals surface area contributed by atoms with Gasteiger partial charge < -0.3 is 20.1 Å². The summed E-state index contributed by atoms with van der Waals surface area (Å²) < 4.78 is 5.46. The van der Waals surface area contributed by atoms with Gasteiger partial charge in [0.25, 0.3) is 0 Å². The SMILES string of the molecule is COc1ccc2[nH]c3c(c2c1)CCN[C@H]3c1cc(C(C)(C)C)c(O)c(C(C)(C)C)c1. The molecule has 0 spiro atoms. The molecule has 2 heterocycles. The molecular weight excluding hydrogens is 372 g/mol. The van der Waals surface area contributed by atoms with E-state index in [1.807, 2.05) is 6.07 Å². The zero-order valence-electron chi connectivity index (χ0n) is 19.2. The summed E-state index contributed by atoms with van der Waals surface area (Å²) in [5.41, 5.74) is 6.61. The molecule has 1 aromatic heterocycles. The number of H-pyrrole nitrogens is 1. The van der Waals surface area contributed by atoms with Gasteiger partial charge in [-0.15, -0.1) is 0 Å². The number of ether oxygens (including phenoxy) is 1. The van der Waals surface area contributed by atoms with Crippen molar-refractivity contribution in [3.05, 3.63) is 58.3 Å². The number of benzene rings is 2. The van der Waals surface area contributed by atoms with Crippen LogP contribution in [0.25, 0.3) is 10.9 Å². The van der Waals surface area contributed by atoms with Crippen LogP contribution in [0, 0.1) is 0 Å². The Morgan fingerprint density at radius 1 is 0.967 bits per heavy atom. The van der Waals surface area contributed by atoms with E-state index >= 15 is 0 Å². The molecular formula is C26H34N2O2. The first-order valence-electron chi connectivity index (χ1n) is 10.8. The van der Waals surface area contributed by atoms with E-state index in [0.717, 1.165) is 35.4 Å². The monoisotopic (exact) mass is 406 g/mol. The molecule has 1 atom stereocenters. The molecule has 0 radical (unpaired) electrons. The van der Waals surface area contributed by atoms with Crippen molar-refractivity contribution in [1.29, 1.82) is 0 Å². The predicted molar refractivity (Wildman–Crippen MR) is 124 cm³/mol. The molecule has 2 aromatic carbocycles. The van der Waals surface area contributed by atoms with Gasteiger partial charge in [0.1, 0.15) is 11.5 Å². The number of aromatic nitrogens is 1. The van der Waals surface area contributed by atoms with Gasteiger partial charge in [-0.05, 0) is 69.8 Å². The number of hydrogen-bond acceptors (Lipinski definition) is 3. The van der Waals surface area contributed by atoms with Crippen LogP contribution in [0.2, 0.25) is 0 Å². The van der Waals surface area contributed by atoms with Gasteiger partial charge in [-0.3, -0.25) is 0 Å². The van der Waals surface area contributed by atoms with Crippen molar-refractivity contribution in [2.24, 2.45) is 0 Å². The largest absolute Gasteiger partial charge is 0.507 e. The minimum absolute atomic E-state index is 0.0648. The fraction of sp³-hybridized carbons (Fsp3) is 0.462. The molecule has 4 heteroatoms. The van der Waals surface area contributed by atoms with Gasteiger partial charge >= 0.3 is 0 Å². The van der Waals surface area contributed by atoms with E-state index in [2.05, 4.69) is 76.1 Å². The lowest BCUT2D eigenvalue weighted by atomic mass is 9.77. The Kier molecular flexibility index (Phi) is 4.89. The number of methoxy groups -OCH3 is 1. The highest BCUT2D eigenvalue weighted by Crippen LogP contribution is 2.43. The summed E-state index contributed by atoms with van der Waals surface area (Å²) in [5.74, 6) is 1.31. The van der Waals surface area contributed by atoms with Crippen LogP contribution in [0.4, 0.5) is 0 Å². The highest BCUT2D eigenvalue weighted by molar-refractivity contribution is 5.86. The van der Waals surface area contributed by atoms with Gasteiger partial charge in [0.15, 0.2) is 0 Å². The summed E-state index contributed by atoms with van der Waals surface area (Å²) in [6, 6.07) is 10.7. The second kappa shape index (κ2) is 7.05. The molecule has 0 fully saturated rings. The number of fused-ring (bicyclic) bond motifs is 3. The van der Waals surface area contributed by atoms with Gasteiger partial charge in [-0.2, -0.15) is 0 Å². The van der Waals surface area contributed by atoms with Gasteiger partial charge in [-0.25, -0.2) is 0 Å². The van der Waals surface area contributed by atoms with Gasteiger partial charge in [-0.1, -0.05) is 41.5 Å². The standard InChI is InChI=1S/C26H34N2O2/c1-25(2,3)19-12-15(13-20(24(19)29)26(4,5)6)22-23-17(10-11-27-22)18-14-16(30-7)8-9-21(18)28-23/h8-9,12-14,22,27-29H,10-11H2,1-7H3/t22-/m0/s1. The lowest BCUT2D eigenvalue weighted by Crippen LogP contribution is -2.31. The summed E-state index contributed by atoms with van der Waals surface area (Å²) in [7, 11) is 1.71. The third-order valence-corrected chi connectivity index (χ3v) is 6.24. The summed E-state index contributed by atoms with van der Waals surface area (Å²) in [6.45, 7) is 13.9. The average Bonchev–Trinajstić information content (AvgIpc) is 3.04. The highest BCUT2D eigenvalue weighted by Gasteiger charge is 2.31. The van der Waals surface area contributed by atoms with Gasteiger partial charge in [0.2, 0.25) is 0 Å². The first-order chi connectivity index (χ1) is 14.0. The molecule has 0 unspecified atom stereocenters. The van der Waals surface area contributed by atoms with Crippen molar-refractivity contribution in [3.8, 4) is 11.5 Å². The van der Waals surface area contributed by atoms with E-state index < -0.39 is 0 Å². The first-order valence-corrected chi connectivity index (χ1v) is 10.8. The number of nitrogens with one attached hydrogen (secondary N) is 2. The van der Waals surface area contributed by atoms with Crippen LogP contribution in [-0.4, -0.2) is 23.7 Å². The number of aromatic amines is 1. The Balaban J connectivity index is 1.92. The van der Waals surface area contributed by atoms with Crippen LogP contribution in [-0.2, 0) is 17.3 Å². The van der Waals surface area contributed by atoms with Crippen molar-refractivity contribution in [1.82, 2.24) is 10.3 Å². The normalized spacial score (nSPS) is 17.2. The van der Waals surface area contributed by atoms with Gasteiger partial charge in [0, 0.05) is 23.1 Å². The van der Waals surface area contributed by atoms with Crippen LogP contribution < -0.4 is 10.1 Å². The Hall–Kier alpha value is -2.46. The zero-order chi connectivity index (χ0) is 21.8. The fourth-order valence-corrected chi connectivity index (χ4v) is 4.59. The van der Waals surface area contributed by atoms with E-state index in [9.17, 15) is 5.11 Å². The number of phenolic OH excluding ortho intramolecular Hbond substituents is 1. The smallest absolute Gasteiger partial charge is 0.123 e. The minimum Gasteiger partial charge on any atom is -0.507 e. The van der Waals surface area contributed by atoms with Crippen molar-refractivity contribution >= 4 is 10.9 Å². The second-order valence-electron chi connectivity index (χ2n) is 10.5. The fourth-order valence-electron chi connectivity index (χ4n) is 4.59.